The number of piperazine rings is 1. The van der Waals surface area contributed by atoms with Crippen molar-refractivity contribution in [1.82, 2.24) is 10.3 Å². The fraction of sp³-hybridized carbons (Fsp3) is 0.364. The summed E-state index contributed by atoms with van der Waals surface area (Å²) in [6.07, 6.45) is 0. The molecule has 2 aromatic heterocycles. The Labute approximate surface area is 117 Å². The van der Waals surface area contributed by atoms with Crippen molar-refractivity contribution in [1.29, 1.82) is 0 Å². The van der Waals surface area contributed by atoms with Gasteiger partial charge in [0.05, 0.1) is 8.66 Å². The summed E-state index contributed by atoms with van der Waals surface area (Å²) >= 11 is 6.95. The molecule has 3 nitrogen and oxygen atoms in total. The fourth-order valence-electron chi connectivity index (χ4n) is 1.85. The van der Waals surface area contributed by atoms with Crippen LogP contribution in [0, 0.1) is 0 Å². The van der Waals surface area contributed by atoms with Gasteiger partial charge in [0.1, 0.15) is 10.8 Å². The van der Waals surface area contributed by atoms with Gasteiger partial charge >= 0.3 is 0 Å². The molecule has 1 N–H and O–H groups in total. The van der Waals surface area contributed by atoms with E-state index >= 15 is 0 Å². The molecular formula is C11H12BrN3S2. The average molecular weight is 330 g/mol. The number of hydrogen-bond donors (Lipinski definition) is 1. The van der Waals surface area contributed by atoms with Gasteiger partial charge in [0.25, 0.3) is 0 Å². The van der Waals surface area contributed by atoms with Crippen LogP contribution in [0.3, 0.4) is 0 Å². The third-order valence-electron chi connectivity index (χ3n) is 2.72. The van der Waals surface area contributed by atoms with Crippen LogP contribution in [0.15, 0.2) is 21.3 Å². The second-order valence-electron chi connectivity index (χ2n) is 3.85. The lowest BCUT2D eigenvalue weighted by Gasteiger charge is -2.27. The van der Waals surface area contributed by atoms with Crippen LogP contribution in [0.1, 0.15) is 0 Å². The quantitative estimate of drug-likeness (QED) is 0.917. The largest absolute Gasteiger partial charge is 0.353 e. The summed E-state index contributed by atoms with van der Waals surface area (Å²) in [6, 6.07) is 4.20. The topological polar surface area (TPSA) is 28.2 Å². The molecule has 1 aliphatic heterocycles. The van der Waals surface area contributed by atoms with Crippen molar-refractivity contribution >= 4 is 44.4 Å². The lowest BCUT2D eigenvalue weighted by molar-refractivity contribution is 0.586. The molecule has 3 rings (SSSR count). The van der Waals surface area contributed by atoms with E-state index in [-0.39, 0.29) is 0 Å². The summed E-state index contributed by atoms with van der Waals surface area (Å²) in [7, 11) is 0. The van der Waals surface area contributed by atoms with Crippen LogP contribution >= 0.6 is 38.6 Å². The molecule has 1 saturated heterocycles. The molecule has 0 unspecified atom stereocenters. The van der Waals surface area contributed by atoms with Crippen molar-refractivity contribution in [2.45, 2.75) is 0 Å². The molecule has 6 heteroatoms. The maximum absolute atomic E-state index is 4.72. The first-order valence-electron chi connectivity index (χ1n) is 5.50. The first-order chi connectivity index (χ1) is 8.33. The van der Waals surface area contributed by atoms with Crippen molar-refractivity contribution in [3.63, 3.8) is 0 Å². The summed E-state index contributed by atoms with van der Waals surface area (Å²) in [5.74, 6) is 1.12. The van der Waals surface area contributed by atoms with Gasteiger partial charge in [-0.15, -0.1) is 22.7 Å². The van der Waals surface area contributed by atoms with Crippen LogP contribution in [0.25, 0.3) is 9.88 Å². The number of thiazole rings is 1. The Morgan fingerprint density at radius 2 is 2.12 bits per heavy atom. The van der Waals surface area contributed by atoms with E-state index in [1.54, 1.807) is 22.7 Å². The Morgan fingerprint density at radius 1 is 1.29 bits per heavy atom. The van der Waals surface area contributed by atoms with Gasteiger partial charge < -0.3 is 10.2 Å². The van der Waals surface area contributed by atoms with Crippen LogP contribution in [0.4, 0.5) is 5.82 Å². The lowest BCUT2D eigenvalue weighted by Crippen LogP contribution is -2.43. The van der Waals surface area contributed by atoms with Crippen molar-refractivity contribution < 1.29 is 0 Å². The number of nitrogens with one attached hydrogen (secondary N) is 1. The van der Waals surface area contributed by atoms with Gasteiger partial charge in [0.15, 0.2) is 0 Å². The number of rotatable bonds is 2. The first kappa shape index (κ1) is 11.6. The summed E-state index contributed by atoms with van der Waals surface area (Å²) < 4.78 is 1.16. The van der Waals surface area contributed by atoms with E-state index in [0.29, 0.717) is 0 Å². The minimum Gasteiger partial charge on any atom is -0.353 e. The zero-order valence-electron chi connectivity index (χ0n) is 9.15. The van der Waals surface area contributed by atoms with Gasteiger partial charge in [-0.1, -0.05) is 0 Å². The van der Waals surface area contributed by atoms with Crippen molar-refractivity contribution in [3.8, 4) is 9.88 Å². The van der Waals surface area contributed by atoms with Gasteiger partial charge in [-0.05, 0) is 28.1 Å². The molecule has 0 saturated carbocycles. The Hall–Kier alpha value is -0.430. The smallest absolute Gasteiger partial charge is 0.140 e. The first-order valence-corrected chi connectivity index (χ1v) is 7.99. The lowest BCUT2D eigenvalue weighted by atomic mass is 10.4. The second-order valence-corrected chi connectivity index (χ2v) is 7.17. The van der Waals surface area contributed by atoms with E-state index in [1.165, 1.54) is 4.88 Å². The highest BCUT2D eigenvalue weighted by molar-refractivity contribution is 9.11. The highest BCUT2D eigenvalue weighted by Crippen LogP contribution is 2.34. The molecule has 0 amide bonds. The van der Waals surface area contributed by atoms with Crippen LogP contribution in [0.5, 0.6) is 0 Å². The Morgan fingerprint density at radius 3 is 2.82 bits per heavy atom. The van der Waals surface area contributed by atoms with Crippen molar-refractivity contribution in [3.05, 3.63) is 21.3 Å². The van der Waals surface area contributed by atoms with Gasteiger partial charge in [-0.25, -0.2) is 4.98 Å². The van der Waals surface area contributed by atoms with E-state index in [2.05, 4.69) is 43.7 Å². The average Bonchev–Trinajstić information content (AvgIpc) is 2.98. The molecule has 90 valence electrons. The Kier molecular flexibility index (Phi) is 3.46. The van der Waals surface area contributed by atoms with E-state index in [1.807, 2.05) is 0 Å². The van der Waals surface area contributed by atoms with Crippen LogP contribution in [-0.2, 0) is 0 Å². The standard InChI is InChI=1S/C11H12BrN3S2/c12-9-2-1-8(17-9)11-14-10(7-16-11)15-5-3-13-4-6-15/h1-2,7,13H,3-6H2. The summed E-state index contributed by atoms with van der Waals surface area (Å²) in [6.45, 7) is 4.21. The van der Waals surface area contributed by atoms with E-state index < -0.39 is 0 Å². The highest BCUT2D eigenvalue weighted by Gasteiger charge is 2.14. The summed E-state index contributed by atoms with van der Waals surface area (Å²) in [5.41, 5.74) is 0. The van der Waals surface area contributed by atoms with Crippen LogP contribution in [0.2, 0.25) is 0 Å². The van der Waals surface area contributed by atoms with Crippen molar-refractivity contribution in [2.24, 2.45) is 0 Å². The van der Waals surface area contributed by atoms with Crippen LogP contribution < -0.4 is 10.2 Å². The van der Waals surface area contributed by atoms with E-state index in [4.69, 9.17) is 4.98 Å². The molecule has 3 heterocycles. The molecule has 0 aromatic carbocycles. The molecule has 0 bridgehead atoms. The number of aromatic nitrogens is 1. The van der Waals surface area contributed by atoms with E-state index in [0.717, 1.165) is 40.8 Å². The maximum atomic E-state index is 4.72. The predicted octanol–water partition coefficient (Wildman–Crippen LogP) is 3.04. The summed E-state index contributed by atoms with van der Waals surface area (Å²) in [4.78, 5) is 8.31. The minimum atomic E-state index is 1.05. The normalized spacial score (nSPS) is 16.4. The van der Waals surface area contributed by atoms with Crippen molar-refractivity contribution in [2.75, 3.05) is 31.1 Å². The van der Waals surface area contributed by atoms with Gasteiger partial charge in [-0.2, -0.15) is 0 Å². The highest BCUT2D eigenvalue weighted by atomic mass is 79.9. The minimum absolute atomic E-state index is 1.05. The second kappa shape index (κ2) is 5.06. The third-order valence-corrected chi connectivity index (χ3v) is 5.34. The maximum Gasteiger partial charge on any atom is 0.140 e. The number of halogens is 1. The SMILES string of the molecule is Brc1ccc(-c2nc(N3CCNCC3)cs2)s1. The number of hydrogen-bond acceptors (Lipinski definition) is 5. The monoisotopic (exact) mass is 329 g/mol. The van der Waals surface area contributed by atoms with Gasteiger partial charge in [0.2, 0.25) is 0 Å². The molecule has 17 heavy (non-hydrogen) atoms. The zero-order chi connectivity index (χ0) is 11.7. The molecule has 0 spiro atoms. The van der Waals surface area contributed by atoms with E-state index in [9.17, 15) is 0 Å². The third kappa shape index (κ3) is 2.54. The molecular weight excluding hydrogens is 318 g/mol. The fourth-order valence-corrected chi connectivity index (χ4v) is 4.14. The summed E-state index contributed by atoms with van der Waals surface area (Å²) in [5, 5.41) is 6.64. The molecule has 1 aliphatic rings. The molecule has 2 aromatic rings. The Bertz CT molecular complexity index is 502. The predicted molar refractivity (Wildman–Crippen MR) is 78.2 cm³/mol. The molecule has 0 radical (unpaired) electrons. The molecule has 0 aliphatic carbocycles. The van der Waals surface area contributed by atoms with Gasteiger partial charge in [0, 0.05) is 31.6 Å². The molecule has 0 atom stereocenters. The van der Waals surface area contributed by atoms with Crippen LogP contribution in [-0.4, -0.2) is 31.2 Å². The molecule has 1 fully saturated rings. The van der Waals surface area contributed by atoms with Gasteiger partial charge in [-0.3, -0.25) is 0 Å². The number of thiophene rings is 1. The Balaban J connectivity index is 1.82. The zero-order valence-corrected chi connectivity index (χ0v) is 12.4. The number of nitrogens with zero attached hydrogens (tertiary/aromatic N) is 2. The number of anilines is 1.